The lowest BCUT2D eigenvalue weighted by Crippen LogP contribution is -2.14. The lowest BCUT2D eigenvalue weighted by atomic mass is 9.99. The Bertz CT molecular complexity index is 1950. The number of phenolic OH excluding ortho intramolecular Hbond substituents is 4. The normalized spacial score (nSPS) is 14.6. The minimum atomic E-state index is -0.0221. The van der Waals surface area contributed by atoms with Crippen molar-refractivity contribution in [2.45, 2.75) is 12.8 Å². The van der Waals surface area contributed by atoms with Gasteiger partial charge in [0, 0.05) is 68.1 Å². The molecule has 5 aromatic rings. The molecule has 8 heteroatoms. The molecule has 3 aromatic heterocycles. The number of hydrogen-bond donors (Lipinski definition) is 8. The number of rotatable bonds is 2. The second-order valence-electron chi connectivity index (χ2n) is 10.1. The van der Waals surface area contributed by atoms with Gasteiger partial charge in [-0.05, 0) is 96.8 Å². The van der Waals surface area contributed by atoms with Gasteiger partial charge in [-0.15, -0.1) is 0 Å². The molecule has 8 nitrogen and oxygen atoms in total. The quantitative estimate of drug-likeness (QED) is 0.174. The minimum absolute atomic E-state index is 0.00714. The summed E-state index contributed by atoms with van der Waals surface area (Å²) in [5.74, 6) is -0.0585. The highest BCUT2D eigenvalue weighted by atomic mass is 16.3. The van der Waals surface area contributed by atoms with Crippen LogP contribution in [0.1, 0.15) is 46.7 Å². The molecule has 0 radical (unpaired) electrons. The van der Waals surface area contributed by atoms with Gasteiger partial charge in [0.2, 0.25) is 0 Å². The number of nitrogens with one attached hydrogen (secondary N) is 4. The van der Waals surface area contributed by atoms with Crippen LogP contribution in [0, 0.1) is 0 Å². The predicted molar refractivity (Wildman–Crippen MR) is 153 cm³/mol. The molecule has 0 spiro atoms. The van der Waals surface area contributed by atoms with Gasteiger partial charge in [-0.1, -0.05) is 0 Å². The molecule has 2 aliphatic rings. The smallest absolute Gasteiger partial charge is 0.119 e. The maximum atomic E-state index is 10.2. The third kappa shape index (κ3) is 4.31. The molecule has 5 heterocycles. The first-order chi connectivity index (χ1) is 19.4. The van der Waals surface area contributed by atoms with Crippen LogP contribution in [0.4, 0.5) is 0 Å². The Hall–Kier alpha value is -5.50. The number of fused-ring (bicyclic) bond motifs is 8. The topological polar surface area (TPSA) is 140 Å². The standard InChI is InChI=1S/C32H26N4O4/c37-23-9-17(10-24(38)15-23)31-27-5-1-19(33-27)13-20-2-6-29(34-20)32(18-11-25(39)16-26(40)12-18)30-8-4-22(36-30)14-21-3-7-28(31)35-21/h1-3,5-7,9-16,33-40H,4,8H2. The summed E-state index contributed by atoms with van der Waals surface area (Å²) >= 11 is 0. The van der Waals surface area contributed by atoms with Gasteiger partial charge in [-0.3, -0.25) is 0 Å². The lowest BCUT2D eigenvalue weighted by Gasteiger charge is -2.13. The number of aromatic hydroxyl groups is 4. The molecule has 0 amide bonds. The van der Waals surface area contributed by atoms with Crippen molar-refractivity contribution in [3.63, 3.8) is 0 Å². The van der Waals surface area contributed by atoms with Crippen LogP contribution in [0.5, 0.6) is 23.0 Å². The average Bonchev–Trinajstić information content (AvgIpc) is 3.69. The number of allylic oxidation sites excluding steroid dienone is 2. The van der Waals surface area contributed by atoms with Gasteiger partial charge < -0.3 is 40.7 Å². The summed E-state index contributed by atoms with van der Waals surface area (Å²) < 4.78 is 0. The highest BCUT2D eigenvalue weighted by Crippen LogP contribution is 2.36. The molecule has 1 saturated heterocycles. The summed E-state index contributed by atoms with van der Waals surface area (Å²) in [5.41, 5.74) is 8.48. The van der Waals surface area contributed by atoms with Gasteiger partial charge in [0.1, 0.15) is 23.0 Å². The second-order valence-corrected chi connectivity index (χ2v) is 10.1. The second kappa shape index (κ2) is 9.06. The zero-order valence-corrected chi connectivity index (χ0v) is 21.3. The van der Waals surface area contributed by atoms with Gasteiger partial charge in [-0.2, -0.15) is 0 Å². The fraction of sp³-hybridized carbons (Fsp3) is 0.0625. The molecule has 198 valence electrons. The van der Waals surface area contributed by atoms with E-state index < -0.39 is 0 Å². The maximum Gasteiger partial charge on any atom is 0.119 e. The molecule has 0 saturated carbocycles. The summed E-state index contributed by atoms with van der Waals surface area (Å²) in [5, 5.41) is 46.1. The zero-order valence-electron chi connectivity index (χ0n) is 21.3. The molecule has 0 atom stereocenters. The Morgan fingerprint density at radius 2 is 1.10 bits per heavy atom. The summed E-state index contributed by atoms with van der Waals surface area (Å²) in [4.78, 5) is 10.4. The van der Waals surface area contributed by atoms with Crippen LogP contribution in [0.2, 0.25) is 0 Å². The minimum Gasteiger partial charge on any atom is -0.508 e. The molecular formula is C32H26N4O4. The highest BCUT2D eigenvalue weighted by molar-refractivity contribution is 5.83. The fourth-order valence-corrected chi connectivity index (χ4v) is 5.58. The number of benzene rings is 2. The van der Waals surface area contributed by atoms with E-state index in [2.05, 4.69) is 26.3 Å². The number of aromatic amines is 3. The molecule has 1 fully saturated rings. The SMILES string of the molecule is Oc1cc(O)cc(C2=C3CCC(=Cc4ccc([nH]4)C(c4cc(O)cc(O)c4)=c4ccc([nH]4)=Cc4ccc2[nH]4)N3)c1. The van der Waals surface area contributed by atoms with Crippen molar-refractivity contribution in [1.82, 2.24) is 20.3 Å². The molecule has 8 bridgehead atoms. The fourth-order valence-electron chi connectivity index (χ4n) is 5.58. The Balaban J connectivity index is 1.47. The van der Waals surface area contributed by atoms with Crippen LogP contribution in [-0.4, -0.2) is 35.4 Å². The molecule has 40 heavy (non-hydrogen) atoms. The van der Waals surface area contributed by atoms with Gasteiger partial charge in [0.15, 0.2) is 0 Å². The van der Waals surface area contributed by atoms with E-state index in [1.807, 2.05) is 42.5 Å². The van der Waals surface area contributed by atoms with E-state index in [-0.39, 0.29) is 23.0 Å². The Kier molecular flexibility index (Phi) is 5.35. The van der Waals surface area contributed by atoms with Gasteiger partial charge >= 0.3 is 0 Å². The third-order valence-corrected chi connectivity index (χ3v) is 7.21. The van der Waals surface area contributed by atoms with Crippen molar-refractivity contribution in [3.05, 3.63) is 129 Å². The van der Waals surface area contributed by atoms with E-state index in [9.17, 15) is 20.4 Å². The first-order valence-electron chi connectivity index (χ1n) is 13.0. The van der Waals surface area contributed by atoms with E-state index in [1.54, 1.807) is 24.3 Å². The third-order valence-electron chi connectivity index (χ3n) is 7.21. The van der Waals surface area contributed by atoms with Crippen LogP contribution >= 0.6 is 0 Å². The van der Waals surface area contributed by atoms with Crippen LogP contribution in [-0.2, 0) is 0 Å². The molecule has 0 unspecified atom stereocenters. The van der Waals surface area contributed by atoms with Gasteiger partial charge in [0.05, 0.1) is 0 Å². The molecule has 2 aliphatic heterocycles. The van der Waals surface area contributed by atoms with Crippen molar-refractivity contribution >= 4 is 23.3 Å². The van der Waals surface area contributed by atoms with E-state index >= 15 is 0 Å². The Morgan fingerprint density at radius 1 is 0.525 bits per heavy atom. The highest BCUT2D eigenvalue weighted by Gasteiger charge is 2.21. The summed E-state index contributed by atoms with van der Waals surface area (Å²) in [7, 11) is 0. The van der Waals surface area contributed by atoms with E-state index in [4.69, 9.17) is 0 Å². The first kappa shape index (κ1) is 23.6. The summed E-state index contributed by atoms with van der Waals surface area (Å²) in [6, 6.07) is 21.1. The lowest BCUT2D eigenvalue weighted by molar-refractivity contribution is 0.449. The zero-order chi connectivity index (χ0) is 27.4. The average molecular weight is 531 g/mol. The van der Waals surface area contributed by atoms with E-state index in [0.717, 1.165) is 68.9 Å². The van der Waals surface area contributed by atoms with Gasteiger partial charge in [-0.25, -0.2) is 0 Å². The van der Waals surface area contributed by atoms with Crippen LogP contribution in [0.25, 0.3) is 23.3 Å². The largest absolute Gasteiger partial charge is 0.508 e. The summed E-state index contributed by atoms with van der Waals surface area (Å²) in [6.07, 6.45) is 5.59. The number of phenols is 4. The van der Waals surface area contributed by atoms with Gasteiger partial charge in [0.25, 0.3) is 0 Å². The van der Waals surface area contributed by atoms with Crippen molar-refractivity contribution < 1.29 is 20.4 Å². The van der Waals surface area contributed by atoms with Crippen molar-refractivity contribution in [2.24, 2.45) is 0 Å². The molecule has 2 aromatic carbocycles. The van der Waals surface area contributed by atoms with Crippen LogP contribution in [0.3, 0.4) is 0 Å². The monoisotopic (exact) mass is 530 g/mol. The van der Waals surface area contributed by atoms with Crippen LogP contribution in [0.15, 0.2) is 84.2 Å². The molecule has 0 aliphatic carbocycles. The Morgan fingerprint density at radius 3 is 1.75 bits per heavy atom. The van der Waals surface area contributed by atoms with Crippen LogP contribution < -0.4 is 16.0 Å². The molecular weight excluding hydrogens is 504 g/mol. The maximum absolute atomic E-state index is 10.2. The Labute approximate surface area is 228 Å². The number of H-pyrrole nitrogens is 3. The molecule has 7 rings (SSSR count). The van der Waals surface area contributed by atoms with E-state index in [0.29, 0.717) is 11.1 Å². The molecule has 8 N–H and O–H groups in total. The first-order valence-corrected chi connectivity index (χ1v) is 13.0. The predicted octanol–water partition coefficient (Wildman–Crippen LogP) is 4.07. The van der Waals surface area contributed by atoms with E-state index in [1.165, 1.54) is 12.1 Å². The number of aromatic nitrogens is 3. The summed E-state index contributed by atoms with van der Waals surface area (Å²) in [6.45, 7) is 0. The number of hydrogen-bond acceptors (Lipinski definition) is 5. The van der Waals surface area contributed by atoms with Crippen molar-refractivity contribution in [3.8, 4) is 23.0 Å². The van der Waals surface area contributed by atoms with Crippen molar-refractivity contribution in [1.29, 1.82) is 0 Å². The van der Waals surface area contributed by atoms with Crippen molar-refractivity contribution in [2.75, 3.05) is 0 Å².